The molecular weight excluding hydrogens is 770 g/mol. The van der Waals surface area contributed by atoms with Crippen molar-refractivity contribution in [3.8, 4) is 45.6 Å². The molecule has 0 saturated heterocycles. The van der Waals surface area contributed by atoms with Gasteiger partial charge in [-0.15, -0.1) is 0 Å². The number of para-hydroxylation sites is 8. The Morgan fingerprint density at radius 1 is 0.386 bits per heavy atom. The average molecular weight is 802 g/mol. The number of nitrogens with zero attached hydrogens (tertiary/aromatic N) is 4. The molecule has 274 valence electrons. The predicted octanol–water partition coefficient (Wildman–Crippen LogP) is 6.81. The number of aliphatic carboxylic acids is 2. The van der Waals surface area contributed by atoms with E-state index < -0.39 is 24.8 Å². The molecule has 0 bridgehead atoms. The number of carbonyl (C=O) groups is 2. The molecule has 57 heavy (non-hydrogen) atoms. The van der Waals surface area contributed by atoms with Gasteiger partial charge in [-0.3, -0.25) is 0 Å². The smallest absolute Gasteiger partial charge is 0.550 e. The second-order valence-electron chi connectivity index (χ2n) is 12.8. The first-order chi connectivity index (χ1) is 27.4. The van der Waals surface area contributed by atoms with Gasteiger partial charge in [-0.2, -0.15) is 0 Å². The molecule has 0 unspecified atom stereocenters. The van der Waals surface area contributed by atoms with E-state index in [1.54, 1.807) is 0 Å². The van der Waals surface area contributed by atoms with E-state index in [0.29, 0.717) is 0 Å². The zero-order chi connectivity index (χ0) is 38.4. The summed E-state index contributed by atoms with van der Waals surface area (Å²) in [4.78, 5) is 51.2. The molecule has 4 N–H and O–H groups in total. The van der Waals surface area contributed by atoms with Crippen molar-refractivity contribution in [2.45, 2.75) is 12.8 Å². The number of carboxylic acid groups (broad SMARTS) is 2. The van der Waals surface area contributed by atoms with Crippen LogP contribution in [0.3, 0.4) is 0 Å². The summed E-state index contributed by atoms with van der Waals surface area (Å²) in [7, 11) is 0. The Morgan fingerprint density at radius 3 is 0.860 bits per heavy atom. The summed E-state index contributed by atoms with van der Waals surface area (Å²) >= 11 is 0. The van der Waals surface area contributed by atoms with E-state index >= 15 is 0 Å². The van der Waals surface area contributed by atoms with E-state index in [1.165, 1.54) is 0 Å². The molecule has 0 fully saturated rings. The zero-order valence-corrected chi connectivity index (χ0v) is 33.4. The maximum atomic E-state index is 9.50. The second-order valence-corrected chi connectivity index (χ2v) is 12.8. The third-order valence-corrected chi connectivity index (χ3v) is 8.91. The Labute approximate surface area is 337 Å². The SMILES string of the molecule is O=C([O-])CCC(=O)[O-].[Zn+2].c1cc(-c2nc3ccccc3[nH]2)cc(-c2nc3ccccc3[nH]2)c1.c1cc(-c2nc3ccccc3[nH]2)cc(-c2nc3ccccc3[nH]2)c1. The van der Waals surface area contributed by atoms with Crippen LogP contribution in [0, 0.1) is 0 Å². The number of imidazole rings is 4. The van der Waals surface area contributed by atoms with Crippen LogP contribution in [-0.2, 0) is 29.1 Å². The van der Waals surface area contributed by atoms with Crippen LogP contribution in [0.4, 0.5) is 0 Å². The number of hydrogen-bond donors (Lipinski definition) is 4. The van der Waals surface area contributed by atoms with Crippen LogP contribution in [0.2, 0.25) is 0 Å². The maximum absolute atomic E-state index is 9.50. The number of rotatable bonds is 7. The molecular formula is C44H32N8O4Zn. The quantitative estimate of drug-likeness (QED) is 0.126. The number of nitrogens with one attached hydrogen (secondary N) is 4. The number of H-pyrrole nitrogens is 4. The Hall–Kier alpha value is -7.24. The summed E-state index contributed by atoms with van der Waals surface area (Å²) in [6, 6.07) is 48.7. The average Bonchev–Trinajstić information content (AvgIpc) is 4.05. The van der Waals surface area contributed by atoms with Crippen LogP contribution < -0.4 is 10.2 Å². The topological polar surface area (TPSA) is 195 Å². The van der Waals surface area contributed by atoms with Crippen LogP contribution >= 0.6 is 0 Å². The summed E-state index contributed by atoms with van der Waals surface area (Å²) in [5.74, 6) is 0.745. The largest absolute Gasteiger partial charge is 2.00 e. The van der Waals surface area contributed by atoms with Crippen LogP contribution in [0.5, 0.6) is 0 Å². The molecule has 0 spiro atoms. The molecule has 0 radical (unpaired) electrons. The van der Waals surface area contributed by atoms with Gasteiger partial charge in [0.2, 0.25) is 0 Å². The van der Waals surface area contributed by atoms with Crippen molar-refractivity contribution in [3.05, 3.63) is 146 Å². The summed E-state index contributed by atoms with van der Waals surface area (Å²) < 4.78 is 0. The van der Waals surface area contributed by atoms with Gasteiger partial charge in [0, 0.05) is 34.2 Å². The van der Waals surface area contributed by atoms with Crippen LogP contribution in [0.25, 0.3) is 89.7 Å². The fourth-order valence-corrected chi connectivity index (χ4v) is 6.19. The third-order valence-electron chi connectivity index (χ3n) is 8.91. The maximum Gasteiger partial charge on any atom is 2.00 e. The molecule has 12 nitrogen and oxygen atoms in total. The summed E-state index contributed by atoms with van der Waals surface area (Å²) in [5, 5.41) is 19.0. The van der Waals surface area contributed by atoms with E-state index in [0.717, 1.165) is 89.7 Å². The van der Waals surface area contributed by atoms with E-state index in [4.69, 9.17) is 0 Å². The first kappa shape index (κ1) is 38.1. The number of hydrogen-bond acceptors (Lipinski definition) is 8. The number of carbonyl (C=O) groups excluding carboxylic acids is 2. The third kappa shape index (κ3) is 8.85. The van der Waals surface area contributed by atoms with E-state index in [9.17, 15) is 19.8 Å². The minimum atomic E-state index is -1.37. The molecule has 4 aromatic heterocycles. The van der Waals surface area contributed by atoms with Crippen molar-refractivity contribution in [1.82, 2.24) is 39.9 Å². The number of benzene rings is 6. The number of aromatic nitrogens is 8. The zero-order valence-electron chi connectivity index (χ0n) is 30.4. The molecule has 0 saturated carbocycles. The fourth-order valence-electron chi connectivity index (χ4n) is 6.19. The van der Waals surface area contributed by atoms with Crippen molar-refractivity contribution < 1.29 is 39.3 Å². The molecule has 0 amide bonds. The Bertz CT molecular complexity index is 2470. The van der Waals surface area contributed by atoms with Gasteiger partial charge in [-0.25, -0.2) is 19.9 Å². The normalized spacial score (nSPS) is 10.7. The fraction of sp³-hybridized carbons (Fsp3) is 0.0455. The molecule has 6 aromatic carbocycles. The minimum Gasteiger partial charge on any atom is -0.550 e. The van der Waals surface area contributed by atoms with Crippen LogP contribution in [0.1, 0.15) is 12.8 Å². The van der Waals surface area contributed by atoms with E-state index in [-0.39, 0.29) is 19.5 Å². The van der Waals surface area contributed by atoms with Gasteiger partial charge in [-0.05, 0) is 73.5 Å². The molecule has 10 aromatic rings. The van der Waals surface area contributed by atoms with Gasteiger partial charge < -0.3 is 39.7 Å². The van der Waals surface area contributed by atoms with Gasteiger partial charge in [0.05, 0.1) is 44.1 Å². The van der Waals surface area contributed by atoms with Gasteiger partial charge in [0.1, 0.15) is 23.3 Å². The van der Waals surface area contributed by atoms with Crippen LogP contribution in [-0.4, -0.2) is 51.8 Å². The molecule has 0 atom stereocenters. The van der Waals surface area contributed by atoms with Gasteiger partial charge >= 0.3 is 19.5 Å². The van der Waals surface area contributed by atoms with E-state index in [2.05, 4.69) is 76.3 Å². The van der Waals surface area contributed by atoms with Gasteiger partial charge in [-0.1, -0.05) is 84.9 Å². The Balaban J connectivity index is 0.000000145. The Morgan fingerprint density at radius 2 is 0.632 bits per heavy atom. The number of aromatic amines is 4. The molecule has 0 aliphatic carbocycles. The van der Waals surface area contributed by atoms with Gasteiger partial charge in [0.25, 0.3) is 0 Å². The first-order valence-corrected chi connectivity index (χ1v) is 17.8. The van der Waals surface area contributed by atoms with Crippen molar-refractivity contribution in [3.63, 3.8) is 0 Å². The summed E-state index contributed by atoms with van der Waals surface area (Å²) in [5.41, 5.74) is 12.2. The predicted molar refractivity (Wildman–Crippen MR) is 212 cm³/mol. The molecule has 0 aliphatic heterocycles. The standard InChI is InChI=1S/2C20H14N4.C4H6O4.Zn/c2*1-2-9-16-15(8-1)21-19(22-16)13-6-5-7-14(12-13)20-23-17-10-3-4-11-18(17)24-20;5-3(6)1-2-4(7)8;/h2*1-12H,(H,21,22)(H,23,24);1-2H2,(H,5,6)(H,7,8);/q;;;+2/p-2. The second kappa shape index (κ2) is 17.1. The van der Waals surface area contributed by atoms with Crippen molar-refractivity contribution in [2.24, 2.45) is 0 Å². The number of carboxylic acids is 2. The summed E-state index contributed by atoms with van der Waals surface area (Å²) in [6.07, 6.45) is -0.940. The molecule has 4 heterocycles. The van der Waals surface area contributed by atoms with Crippen molar-refractivity contribution in [1.29, 1.82) is 0 Å². The minimum absolute atomic E-state index is 0. The van der Waals surface area contributed by atoms with Gasteiger partial charge in [0.15, 0.2) is 0 Å². The van der Waals surface area contributed by atoms with Crippen molar-refractivity contribution >= 4 is 56.1 Å². The van der Waals surface area contributed by atoms with Crippen LogP contribution in [0.15, 0.2) is 146 Å². The summed E-state index contributed by atoms with van der Waals surface area (Å²) in [6.45, 7) is 0. The monoisotopic (exact) mass is 800 g/mol. The first-order valence-electron chi connectivity index (χ1n) is 17.8. The van der Waals surface area contributed by atoms with Crippen molar-refractivity contribution in [2.75, 3.05) is 0 Å². The Kier molecular flexibility index (Phi) is 11.4. The van der Waals surface area contributed by atoms with E-state index in [1.807, 2.05) is 109 Å². The molecule has 10 rings (SSSR count). The molecule has 13 heteroatoms. The number of fused-ring (bicyclic) bond motifs is 4. The molecule has 0 aliphatic rings.